The molecule has 0 aliphatic carbocycles. The van der Waals surface area contributed by atoms with Gasteiger partial charge in [0.25, 0.3) is 15.9 Å². The average Bonchev–Trinajstić information content (AvgIpc) is 3.19. The molecule has 12 nitrogen and oxygen atoms in total. The first kappa shape index (κ1) is 33.9. The average molecular weight is 649 g/mol. The summed E-state index contributed by atoms with van der Waals surface area (Å²) in [6.45, 7) is 11.2. The van der Waals surface area contributed by atoms with Crippen molar-refractivity contribution in [3.8, 4) is 6.07 Å². The van der Waals surface area contributed by atoms with E-state index in [1.54, 1.807) is 13.0 Å². The molecule has 0 saturated heterocycles. The van der Waals surface area contributed by atoms with E-state index in [2.05, 4.69) is 42.8 Å². The summed E-state index contributed by atoms with van der Waals surface area (Å²) in [5.41, 5.74) is 0.318. The maximum absolute atomic E-state index is 13.3. The highest BCUT2D eigenvalue weighted by Crippen LogP contribution is 2.30. The van der Waals surface area contributed by atoms with Crippen LogP contribution in [-0.2, 0) is 21.8 Å². The molecule has 0 fully saturated rings. The molecule has 1 heterocycles. The molecular weight excluding hydrogens is 615 g/mol. The van der Waals surface area contributed by atoms with E-state index >= 15 is 0 Å². The molecular formula is C26H34BBrN6O6S. The Balaban J connectivity index is 2.13. The van der Waals surface area contributed by atoms with Crippen LogP contribution in [0.1, 0.15) is 50.2 Å². The highest BCUT2D eigenvalue weighted by Gasteiger charge is 2.31. The molecule has 0 bridgehead atoms. The zero-order valence-electron chi connectivity index (χ0n) is 23.5. The summed E-state index contributed by atoms with van der Waals surface area (Å²) >= 11 is 3.23. The molecule has 1 aromatic carbocycles. The number of benzene rings is 1. The standard InChI is InChI=1S/C26H34BBrN6O6S/c1-7-8-20(27(36)37)21(30-5)16-40-14-13-26(3,4)17(2)31-25(35)23-22(24(28)32-34(23)6)33-41(38,39)19-11-9-18(15-29)10-12-19/h7-12,17,33,36-37H,5,13-14,16H2,1-4,6H3,(H,31,35)/b8-7-,21-20+/t17-/m0/s1. The molecule has 2 aromatic rings. The molecule has 0 radical (unpaired) electrons. The Morgan fingerprint density at radius 2 is 2.00 bits per heavy atom. The van der Waals surface area contributed by atoms with Crippen LogP contribution in [0.4, 0.5) is 5.69 Å². The topological polar surface area (TPSA) is 179 Å². The number of carbonyl (C=O) groups excluding carboxylic acids is 1. The molecule has 1 aromatic heterocycles. The lowest BCUT2D eigenvalue weighted by molar-refractivity contribution is 0.0826. The SMILES string of the molecule is C=N/C(COCCC(C)(C)[C@H](C)NC(=O)c1c(NS(=O)(=O)c2ccc(C#N)cc2)c(Br)nn1C)=C(\C=C/C)B(O)O. The van der Waals surface area contributed by atoms with Gasteiger partial charge in [0, 0.05) is 25.2 Å². The number of nitrogens with one attached hydrogen (secondary N) is 2. The molecule has 2 rings (SSSR count). The third-order valence-electron chi connectivity index (χ3n) is 6.55. The zero-order chi connectivity index (χ0) is 31.0. The van der Waals surface area contributed by atoms with Crippen molar-refractivity contribution in [3.63, 3.8) is 0 Å². The first-order chi connectivity index (χ1) is 19.2. The summed E-state index contributed by atoms with van der Waals surface area (Å²) in [7, 11) is -4.29. The van der Waals surface area contributed by atoms with Crippen LogP contribution in [-0.4, -0.2) is 67.2 Å². The summed E-state index contributed by atoms with van der Waals surface area (Å²) in [5, 5.41) is 35.2. The molecule has 4 N–H and O–H groups in total. The quantitative estimate of drug-likeness (QED) is 0.104. The molecule has 220 valence electrons. The van der Waals surface area contributed by atoms with Crippen LogP contribution in [0.2, 0.25) is 0 Å². The first-order valence-electron chi connectivity index (χ1n) is 12.5. The number of allylic oxidation sites excluding steroid dienone is 3. The van der Waals surface area contributed by atoms with Gasteiger partial charge in [-0.25, -0.2) is 8.42 Å². The van der Waals surface area contributed by atoms with Gasteiger partial charge in [-0.2, -0.15) is 10.4 Å². The number of aliphatic imine (C=N–C) groups is 1. The number of aryl methyl sites for hydroxylation is 1. The molecule has 0 unspecified atom stereocenters. The Labute approximate surface area is 249 Å². The maximum Gasteiger partial charge on any atom is 0.490 e. The van der Waals surface area contributed by atoms with Crippen LogP contribution in [0.15, 0.2) is 62.1 Å². The number of hydrogen-bond acceptors (Lipinski definition) is 9. The fourth-order valence-corrected chi connectivity index (χ4v) is 5.39. The fourth-order valence-electron chi connectivity index (χ4n) is 3.66. The van der Waals surface area contributed by atoms with Gasteiger partial charge in [0.2, 0.25) is 0 Å². The predicted molar refractivity (Wildman–Crippen MR) is 161 cm³/mol. The Morgan fingerprint density at radius 3 is 2.54 bits per heavy atom. The van der Waals surface area contributed by atoms with Crippen LogP contribution in [0, 0.1) is 16.7 Å². The third-order valence-corrected chi connectivity index (χ3v) is 8.47. The number of nitriles is 1. The van der Waals surface area contributed by atoms with Gasteiger partial charge in [0.05, 0.1) is 28.8 Å². The molecule has 1 amide bonds. The normalized spacial score (nSPS) is 13.3. The van der Waals surface area contributed by atoms with Crippen molar-refractivity contribution in [1.29, 1.82) is 5.26 Å². The van der Waals surface area contributed by atoms with Crippen molar-refractivity contribution >= 4 is 51.4 Å². The number of halogens is 1. The number of ether oxygens (including phenoxy) is 1. The van der Waals surface area contributed by atoms with E-state index in [4.69, 9.17) is 10.00 Å². The Morgan fingerprint density at radius 1 is 1.37 bits per heavy atom. The second kappa shape index (κ2) is 14.6. The third kappa shape index (κ3) is 8.85. The van der Waals surface area contributed by atoms with Crippen molar-refractivity contribution in [1.82, 2.24) is 15.1 Å². The number of carbonyl (C=O) groups is 1. The Kier molecular flexibility index (Phi) is 12.0. The van der Waals surface area contributed by atoms with Gasteiger partial charge in [-0.3, -0.25) is 19.2 Å². The van der Waals surface area contributed by atoms with Crippen LogP contribution in [0.3, 0.4) is 0 Å². The summed E-state index contributed by atoms with van der Waals surface area (Å²) in [4.78, 5) is 17.1. The van der Waals surface area contributed by atoms with Gasteiger partial charge in [-0.15, -0.1) is 0 Å². The largest absolute Gasteiger partial charge is 0.490 e. The summed E-state index contributed by atoms with van der Waals surface area (Å²) in [6.07, 6.45) is 3.69. The second-order valence-electron chi connectivity index (χ2n) is 9.80. The molecule has 41 heavy (non-hydrogen) atoms. The van der Waals surface area contributed by atoms with Crippen molar-refractivity contribution in [2.24, 2.45) is 17.5 Å². The van der Waals surface area contributed by atoms with Crippen molar-refractivity contribution < 1.29 is 28.0 Å². The van der Waals surface area contributed by atoms with E-state index < -0.39 is 28.5 Å². The van der Waals surface area contributed by atoms with Crippen molar-refractivity contribution in [2.75, 3.05) is 17.9 Å². The summed E-state index contributed by atoms with van der Waals surface area (Å²) in [6, 6.07) is 6.93. The number of sulfonamides is 1. The van der Waals surface area contributed by atoms with Gasteiger partial charge >= 0.3 is 7.12 Å². The summed E-state index contributed by atoms with van der Waals surface area (Å²) in [5.74, 6) is -0.543. The van der Waals surface area contributed by atoms with E-state index in [9.17, 15) is 23.3 Å². The number of anilines is 1. The predicted octanol–water partition coefficient (Wildman–Crippen LogP) is 2.95. The van der Waals surface area contributed by atoms with Crippen LogP contribution in [0.5, 0.6) is 0 Å². The molecule has 0 aliphatic rings. The highest BCUT2D eigenvalue weighted by molar-refractivity contribution is 9.10. The highest BCUT2D eigenvalue weighted by atomic mass is 79.9. The molecule has 1 atom stereocenters. The summed E-state index contributed by atoms with van der Waals surface area (Å²) < 4.78 is 35.6. The minimum Gasteiger partial charge on any atom is -0.423 e. The smallest absolute Gasteiger partial charge is 0.423 e. The number of hydrogen-bond donors (Lipinski definition) is 4. The minimum atomic E-state index is -4.09. The second-order valence-corrected chi connectivity index (χ2v) is 12.2. The Bertz CT molecular complexity index is 1460. The van der Waals surface area contributed by atoms with Crippen LogP contribution < -0.4 is 10.0 Å². The van der Waals surface area contributed by atoms with E-state index in [0.717, 1.165) is 0 Å². The lowest BCUT2D eigenvalue weighted by atomic mass is 9.77. The lowest BCUT2D eigenvalue weighted by Gasteiger charge is -2.32. The lowest BCUT2D eigenvalue weighted by Crippen LogP contribution is -2.44. The number of rotatable bonds is 14. The van der Waals surface area contributed by atoms with E-state index in [1.807, 2.05) is 26.8 Å². The number of aromatic nitrogens is 2. The minimum absolute atomic E-state index is 0.00102. The van der Waals surface area contributed by atoms with E-state index in [1.165, 1.54) is 42.1 Å². The van der Waals surface area contributed by atoms with Gasteiger partial charge in [-0.05, 0) is 72.6 Å². The van der Waals surface area contributed by atoms with Gasteiger partial charge < -0.3 is 20.1 Å². The van der Waals surface area contributed by atoms with E-state index in [-0.39, 0.29) is 45.6 Å². The molecule has 15 heteroatoms. The molecule has 0 aliphatic heterocycles. The number of amides is 1. The van der Waals surface area contributed by atoms with Crippen molar-refractivity contribution in [3.05, 3.63) is 63.4 Å². The maximum atomic E-state index is 13.3. The monoisotopic (exact) mass is 648 g/mol. The number of nitrogens with zero attached hydrogens (tertiary/aromatic N) is 4. The Hall–Kier alpha value is -3.29. The van der Waals surface area contributed by atoms with Crippen molar-refractivity contribution in [2.45, 2.75) is 45.1 Å². The van der Waals surface area contributed by atoms with Gasteiger partial charge in [0.15, 0.2) is 10.3 Å². The van der Waals surface area contributed by atoms with Gasteiger partial charge in [-0.1, -0.05) is 26.0 Å². The van der Waals surface area contributed by atoms with Crippen LogP contribution in [0.25, 0.3) is 0 Å². The molecule has 0 spiro atoms. The van der Waals surface area contributed by atoms with Crippen LogP contribution >= 0.6 is 15.9 Å². The molecule has 0 saturated carbocycles. The fraction of sp³-hybridized carbons (Fsp3) is 0.385. The van der Waals surface area contributed by atoms with E-state index in [0.29, 0.717) is 17.7 Å². The van der Waals surface area contributed by atoms with Gasteiger partial charge in [0.1, 0.15) is 5.69 Å². The zero-order valence-corrected chi connectivity index (χ0v) is 26.0. The first-order valence-corrected chi connectivity index (χ1v) is 14.8.